The van der Waals surface area contributed by atoms with Crippen LogP contribution in [0.4, 0.5) is 0 Å². The van der Waals surface area contributed by atoms with Crippen LogP contribution in [-0.2, 0) is 68.2 Å². The lowest BCUT2D eigenvalue weighted by atomic mass is 10.0. The number of benzene rings is 3. The number of fused-ring (bicyclic) bond motifs is 6. The van der Waals surface area contributed by atoms with Crippen molar-refractivity contribution in [3.8, 4) is 17.2 Å². The quantitative estimate of drug-likeness (QED) is 0.153. The zero-order valence-electron chi connectivity index (χ0n) is 36.7. The summed E-state index contributed by atoms with van der Waals surface area (Å²) in [4.78, 5) is 81.6. The van der Waals surface area contributed by atoms with Crippen LogP contribution in [0.5, 0.6) is 17.2 Å². The first-order valence-electron chi connectivity index (χ1n) is 20.8. The van der Waals surface area contributed by atoms with E-state index in [-0.39, 0.29) is 125 Å². The Kier molecular flexibility index (Phi) is 18.7. The van der Waals surface area contributed by atoms with Gasteiger partial charge in [0.25, 0.3) is 17.7 Å². The molecule has 1 aliphatic rings. The van der Waals surface area contributed by atoms with Crippen LogP contribution in [0.3, 0.4) is 0 Å². The van der Waals surface area contributed by atoms with Gasteiger partial charge in [0.15, 0.2) is 19.8 Å². The highest BCUT2D eigenvalue weighted by molar-refractivity contribution is 5.90. The molecule has 3 aromatic carbocycles. The predicted molar refractivity (Wildman–Crippen MR) is 226 cm³/mol. The van der Waals surface area contributed by atoms with Crippen LogP contribution >= 0.6 is 0 Å². The number of aromatic carboxylic acids is 3. The van der Waals surface area contributed by atoms with Crippen LogP contribution in [0.2, 0.25) is 0 Å². The SMILES string of the molecule is CCN(CC)C(=O)COc1c2cc(C(=O)O)cc1COCc1cc(C(=O)O)cc(c1OCC(=O)N(CC)CC)COCc1cc(C(=O)O)cc(c1OCC(=O)N(CC)CC)COC2. The van der Waals surface area contributed by atoms with Gasteiger partial charge in [-0.3, -0.25) is 14.4 Å². The zero-order valence-corrected chi connectivity index (χ0v) is 36.7. The van der Waals surface area contributed by atoms with Crippen molar-refractivity contribution >= 4 is 35.6 Å². The van der Waals surface area contributed by atoms with Crippen LogP contribution in [0.15, 0.2) is 36.4 Å². The monoisotopic (exact) mass is 879 g/mol. The van der Waals surface area contributed by atoms with Gasteiger partial charge >= 0.3 is 17.9 Å². The molecule has 18 heteroatoms. The topological polar surface area (TPSA) is 228 Å². The van der Waals surface area contributed by atoms with Gasteiger partial charge in [-0.1, -0.05) is 0 Å². The molecule has 342 valence electrons. The van der Waals surface area contributed by atoms with Crippen molar-refractivity contribution in [1.82, 2.24) is 14.7 Å². The number of rotatable bonds is 18. The fourth-order valence-electron chi connectivity index (χ4n) is 7.05. The summed E-state index contributed by atoms with van der Waals surface area (Å²) in [5, 5.41) is 30.5. The number of carboxylic acid groups (broad SMARTS) is 3. The molecule has 0 saturated carbocycles. The molecule has 4 rings (SSSR count). The first-order chi connectivity index (χ1) is 30.2. The average molecular weight is 880 g/mol. The maximum absolute atomic E-state index is 13.2. The molecule has 0 spiro atoms. The lowest BCUT2D eigenvalue weighted by Gasteiger charge is -2.23. The zero-order chi connectivity index (χ0) is 46.2. The molecule has 0 aliphatic carbocycles. The van der Waals surface area contributed by atoms with Crippen LogP contribution in [-0.4, -0.2) is 125 Å². The summed E-state index contributed by atoms with van der Waals surface area (Å²) in [6.07, 6.45) is 0. The number of likely N-dealkylation sites (N-methyl/N-ethyl adjacent to an activating group) is 3. The Balaban J connectivity index is 1.95. The molecule has 6 bridgehead atoms. The minimum atomic E-state index is -1.29. The molecule has 18 nitrogen and oxygen atoms in total. The number of ether oxygens (including phenoxy) is 6. The van der Waals surface area contributed by atoms with Gasteiger partial charge < -0.3 is 58.4 Å². The van der Waals surface area contributed by atoms with Crippen molar-refractivity contribution in [2.45, 2.75) is 81.2 Å². The molecular formula is C45H57N3O15. The smallest absolute Gasteiger partial charge is 0.335 e. The van der Waals surface area contributed by atoms with E-state index in [1.807, 2.05) is 41.5 Å². The normalized spacial score (nSPS) is 12.9. The maximum Gasteiger partial charge on any atom is 0.335 e. The lowest BCUT2D eigenvalue weighted by Crippen LogP contribution is -2.34. The van der Waals surface area contributed by atoms with Gasteiger partial charge in [0.1, 0.15) is 17.2 Å². The van der Waals surface area contributed by atoms with E-state index in [1.54, 1.807) is 14.7 Å². The lowest BCUT2D eigenvalue weighted by molar-refractivity contribution is -0.133. The Bertz CT molecular complexity index is 1810. The highest BCUT2D eigenvalue weighted by Crippen LogP contribution is 2.34. The number of amides is 3. The largest absolute Gasteiger partial charge is 0.483 e. The predicted octanol–water partition coefficient (Wildman–Crippen LogP) is 4.99. The molecule has 0 radical (unpaired) electrons. The first-order valence-corrected chi connectivity index (χ1v) is 20.8. The fourth-order valence-corrected chi connectivity index (χ4v) is 7.05. The highest BCUT2D eigenvalue weighted by atomic mass is 16.5. The molecule has 1 aliphatic heterocycles. The van der Waals surface area contributed by atoms with Gasteiger partial charge in [-0.05, 0) is 77.9 Å². The number of carbonyl (C=O) groups is 6. The molecule has 0 fully saturated rings. The maximum atomic E-state index is 13.2. The standard InChI is InChI=1S/C45H57N3O15/c1-7-46(8-2)37(49)25-61-40-31-13-28(43(52)53)14-32(40)20-59-22-34-16-30(45(56)57)18-36(42(34)63-27-39(51)48(11-5)12-6)24-60-23-35-17-29(44(54)55)15-33(21-58-19-31)41(35)62-26-38(50)47(9-3)10-4/h13-18H,7-12,19-27H2,1-6H3,(H,52,53)(H,54,55)(H,56,57). The second-order valence-corrected chi connectivity index (χ2v) is 14.3. The summed E-state index contributed by atoms with van der Waals surface area (Å²) < 4.78 is 36.8. The van der Waals surface area contributed by atoms with Crippen molar-refractivity contribution < 1.29 is 72.5 Å². The Morgan fingerprint density at radius 1 is 0.413 bits per heavy atom. The number of hydrogen-bond donors (Lipinski definition) is 3. The van der Waals surface area contributed by atoms with E-state index < -0.39 is 37.7 Å². The third-order valence-corrected chi connectivity index (χ3v) is 10.4. The summed E-state index contributed by atoms with van der Waals surface area (Å²) >= 11 is 0. The molecule has 0 atom stereocenters. The van der Waals surface area contributed by atoms with E-state index in [1.165, 1.54) is 36.4 Å². The number of nitrogens with zero attached hydrogens (tertiary/aromatic N) is 3. The summed E-state index contributed by atoms with van der Waals surface area (Å²) in [6, 6.07) is 7.98. The Morgan fingerprint density at radius 2 is 0.603 bits per heavy atom. The van der Waals surface area contributed by atoms with Gasteiger partial charge in [0.2, 0.25) is 0 Å². The van der Waals surface area contributed by atoms with Gasteiger partial charge in [-0.25, -0.2) is 14.4 Å². The highest BCUT2D eigenvalue weighted by Gasteiger charge is 2.24. The van der Waals surface area contributed by atoms with E-state index in [0.29, 0.717) is 39.3 Å². The van der Waals surface area contributed by atoms with Crippen LogP contribution < -0.4 is 14.2 Å². The van der Waals surface area contributed by atoms with Crippen molar-refractivity contribution in [1.29, 1.82) is 0 Å². The summed E-state index contributed by atoms with van der Waals surface area (Å²) in [5.74, 6) is -4.59. The molecular weight excluding hydrogens is 823 g/mol. The fraction of sp³-hybridized carbons (Fsp3) is 0.467. The molecule has 3 N–H and O–H groups in total. The first kappa shape index (κ1) is 49.4. The van der Waals surface area contributed by atoms with E-state index in [9.17, 15) is 44.1 Å². The van der Waals surface area contributed by atoms with Gasteiger partial charge in [0.05, 0.1) is 56.3 Å². The van der Waals surface area contributed by atoms with E-state index in [4.69, 9.17) is 28.4 Å². The van der Waals surface area contributed by atoms with E-state index >= 15 is 0 Å². The minimum Gasteiger partial charge on any atom is -0.483 e. The summed E-state index contributed by atoms with van der Waals surface area (Å²) in [6.45, 7) is 10.3. The number of hydrogen-bond acceptors (Lipinski definition) is 12. The average Bonchev–Trinajstić information content (AvgIpc) is 3.25. The molecule has 0 aromatic heterocycles. The van der Waals surface area contributed by atoms with Crippen LogP contribution in [0.25, 0.3) is 0 Å². The molecule has 1 heterocycles. The van der Waals surface area contributed by atoms with Crippen molar-refractivity contribution in [2.24, 2.45) is 0 Å². The Morgan fingerprint density at radius 3 is 0.762 bits per heavy atom. The van der Waals surface area contributed by atoms with Crippen molar-refractivity contribution in [3.63, 3.8) is 0 Å². The summed E-state index contributed by atoms with van der Waals surface area (Å²) in [7, 11) is 0. The molecule has 0 saturated heterocycles. The molecule has 3 aromatic rings. The van der Waals surface area contributed by atoms with Crippen LogP contribution in [0.1, 0.15) is 106 Å². The minimum absolute atomic E-state index is 0.0950. The van der Waals surface area contributed by atoms with E-state index in [0.717, 1.165) is 0 Å². The third kappa shape index (κ3) is 13.1. The Hall–Kier alpha value is -6.24. The molecule has 63 heavy (non-hydrogen) atoms. The van der Waals surface area contributed by atoms with Gasteiger partial charge in [0, 0.05) is 72.6 Å². The van der Waals surface area contributed by atoms with Gasteiger partial charge in [-0.15, -0.1) is 0 Å². The van der Waals surface area contributed by atoms with Crippen molar-refractivity contribution in [2.75, 3.05) is 59.1 Å². The number of carboxylic acids is 3. The number of carbonyl (C=O) groups excluding carboxylic acids is 3. The van der Waals surface area contributed by atoms with Crippen LogP contribution in [0, 0.1) is 0 Å². The second-order valence-electron chi connectivity index (χ2n) is 14.3. The molecule has 0 unspecified atom stereocenters. The van der Waals surface area contributed by atoms with Crippen molar-refractivity contribution in [3.05, 3.63) is 86.5 Å². The second kappa shape index (κ2) is 23.8. The molecule has 3 amide bonds. The van der Waals surface area contributed by atoms with E-state index in [2.05, 4.69) is 0 Å². The Labute approximate surface area is 366 Å². The summed E-state index contributed by atoms with van der Waals surface area (Å²) in [5.41, 5.74) is 0.808. The van der Waals surface area contributed by atoms with Gasteiger partial charge in [-0.2, -0.15) is 0 Å². The third-order valence-electron chi connectivity index (χ3n) is 10.4.